The summed E-state index contributed by atoms with van der Waals surface area (Å²) >= 11 is 0. The summed E-state index contributed by atoms with van der Waals surface area (Å²) in [5, 5.41) is 3.94. The summed E-state index contributed by atoms with van der Waals surface area (Å²) in [6.07, 6.45) is 9.43. The van der Waals surface area contributed by atoms with Crippen LogP contribution in [0.1, 0.15) is 58.8 Å². The Bertz CT molecular complexity index is 241. The zero-order chi connectivity index (χ0) is 14.2. The summed E-state index contributed by atoms with van der Waals surface area (Å²) in [5.41, 5.74) is 0. The van der Waals surface area contributed by atoms with E-state index >= 15 is 0 Å². The molecule has 0 saturated carbocycles. The van der Waals surface area contributed by atoms with Crippen molar-refractivity contribution in [1.29, 1.82) is 0 Å². The van der Waals surface area contributed by atoms with Crippen molar-refractivity contribution in [3.8, 4) is 0 Å². The molecule has 0 bridgehead atoms. The van der Waals surface area contributed by atoms with E-state index in [0.717, 1.165) is 12.1 Å². The Morgan fingerprint density at radius 2 is 1.25 bits per heavy atom. The van der Waals surface area contributed by atoms with Gasteiger partial charge in [-0.1, -0.05) is 20.3 Å². The second-order valence-corrected chi connectivity index (χ2v) is 6.75. The van der Waals surface area contributed by atoms with Crippen molar-refractivity contribution in [2.45, 2.75) is 70.9 Å². The largest absolute Gasteiger partial charge is 0.311 e. The third-order valence-corrected chi connectivity index (χ3v) is 5.01. The zero-order valence-electron chi connectivity index (χ0n) is 13.7. The van der Waals surface area contributed by atoms with Crippen molar-refractivity contribution in [2.24, 2.45) is 0 Å². The molecule has 2 aliphatic rings. The number of piperidine rings is 2. The van der Waals surface area contributed by atoms with Crippen molar-refractivity contribution >= 4 is 0 Å². The smallest absolute Gasteiger partial charge is 0.00940 e. The van der Waals surface area contributed by atoms with E-state index < -0.39 is 0 Å². The molecule has 0 aromatic carbocycles. The van der Waals surface area contributed by atoms with Gasteiger partial charge in [-0.05, 0) is 77.8 Å². The molecule has 2 fully saturated rings. The van der Waals surface area contributed by atoms with Crippen LogP contribution in [0.2, 0.25) is 0 Å². The Kier molecular flexibility index (Phi) is 7.32. The van der Waals surface area contributed by atoms with Gasteiger partial charge in [-0.15, -0.1) is 0 Å². The Balaban J connectivity index is 1.59. The third kappa shape index (κ3) is 5.34. The monoisotopic (exact) mass is 281 g/mol. The van der Waals surface area contributed by atoms with Crippen LogP contribution in [0.15, 0.2) is 0 Å². The second-order valence-electron chi connectivity index (χ2n) is 6.75. The molecule has 0 atom stereocenters. The number of hydrogen-bond donors (Lipinski definition) is 1. The second kappa shape index (κ2) is 9.01. The molecule has 0 aliphatic carbocycles. The van der Waals surface area contributed by atoms with Crippen LogP contribution in [0, 0.1) is 0 Å². The first-order chi connectivity index (χ1) is 9.81. The Hall–Kier alpha value is -0.120. The summed E-state index contributed by atoms with van der Waals surface area (Å²) in [5.74, 6) is 0. The number of nitrogens with one attached hydrogen (secondary N) is 1. The SMILES string of the molecule is CCCCN1CCC(NC2CCN(CCC)CC2)CC1. The van der Waals surface area contributed by atoms with Crippen LogP contribution in [-0.4, -0.2) is 61.2 Å². The van der Waals surface area contributed by atoms with E-state index in [1.54, 1.807) is 0 Å². The van der Waals surface area contributed by atoms with Gasteiger partial charge in [0.05, 0.1) is 0 Å². The van der Waals surface area contributed by atoms with Crippen LogP contribution in [0.5, 0.6) is 0 Å². The molecular weight excluding hydrogens is 246 g/mol. The van der Waals surface area contributed by atoms with Crippen molar-refractivity contribution in [3.63, 3.8) is 0 Å². The van der Waals surface area contributed by atoms with E-state index in [9.17, 15) is 0 Å². The summed E-state index contributed by atoms with van der Waals surface area (Å²) < 4.78 is 0. The normalized spacial score (nSPS) is 24.3. The number of likely N-dealkylation sites (tertiary alicyclic amines) is 2. The summed E-state index contributed by atoms with van der Waals surface area (Å²) in [6, 6.07) is 1.57. The minimum absolute atomic E-state index is 0.787. The quantitative estimate of drug-likeness (QED) is 0.774. The lowest BCUT2D eigenvalue weighted by molar-refractivity contribution is 0.158. The van der Waals surface area contributed by atoms with E-state index in [1.807, 2.05) is 0 Å². The summed E-state index contributed by atoms with van der Waals surface area (Å²) in [7, 11) is 0. The summed E-state index contributed by atoms with van der Waals surface area (Å²) in [4.78, 5) is 5.29. The number of hydrogen-bond acceptors (Lipinski definition) is 3. The van der Waals surface area contributed by atoms with Crippen LogP contribution >= 0.6 is 0 Å². The fourth-order valence-corrected chi connectivity index (χ4v) is 3.68. The molecule has 2 aliphatic heterocycles. The molecule has 3 heteroatoms. The predicted molar refractivity (Wildman–Crippen MR) is 87.3 cm³/mol. The molecule has 0 unspecified atom stereocenters. The van der Waals surface area contributed by atoms with Crippen molar-refractivity contribution < 1.29 is 0 Å². The first-order valence-electron chi connectivity index (χ1n) is 9.02. The molecule has 0 spiro atoms. The van der Waals surface area contributed by atoms with Gasteiger partial charge in [-0.25, -0.2) is 0 Å². The molecule has 0 amide bonds. The minimum atomic E-state index is 0.787. The van der Waals surface area contributed by atoms with Crippen LogP contribution in [0.3, 0.4) is 0 Å². The van der Waals surface area contributed by atoms with Gasteiger partial charge >= 0.3 is 0 Å². The fourth-order valence-electron chi connectivity index (χ4n) is 3.68. The van der Waals surface area contributed by atoms with E-state index in [1.165, 1.54) is 84.2 Å². The van der Waals surface area contributed by atoms with Crippen LogP contribution in [0.25, 0.3) is 0 Å². The van der Waals surface area contributed by atoms with Crippen LogP contribution in [-0.2, 0) is 0 Å². The van der Waals surface area contributed by atoms with E-state index in [-0.39, 0.29) is 0 Å². The molecule has 0 aromatic rings. The third-order valence-electron chi connectivity index (χ3n) is 5.01. The molecular formula is C17H35N3. The Labute approximate surface area is 126 Å². The summed E-state index contributed by atoms with van der Waals surface area (Å²) in [6.45, 7) is 12.4. The highest BCUT2D eigenvalue weighted by Gasteiger charge is 2.24. The molecule has 0 radical (unpaired) electrons. The predicted octanol–water partition coefficient (Wildman–Crippen LogP) is 2.71. The van der Waals surface area contributed by atoms with Gasteiger partial charge in [0, 0.05) is 12.1 Å². The minimum Gasteiger partial charge on any atom is -0.311 e. The molecule has 2 saturated heterocycles. The lowest BCUT2D eigenvalue weighted by Crippen LogP contribution is -2.50. The lowest BCUT2D eigenvalue weighted by Gasteiger charge is -2.37. The molecule has 118 valence electrons. The average Bonchev–Trinajstić information content (AvgIpc) is 2.49. The van der Waals surface area contributed by atoms with E-state index in [0.29, 0.717) is 0 Å². The highest BCUT2D eigenvalue weighted by molar-refractivity contribution is 4.84. The fraction of sp³-hybridized carbons (Fsp3) is 1.00. The maximum Gasteiger partial charge on any atom is 0.00940 e. The molecule has 1 N–H and O–H groups in total. The zero-order valence-corrected chi connectivity index (χ0v) is 13.7. The van der Waals surface area contributed by atoms with Gasteiger partial charge in [0.2, 0.25) is 0 Å². The van der Waals surface area contributed by atoms with Gasteiger partial charge in [0.15, 0.2) is 0 Å². The Morgan fingerprint density at radius 1 is 0.750 bits per heavy atom. The molecule has 2 heterocycles. The maximum atomic E-state index is 3.94. The number of rotatable bonds is 7. The number of nitrogens with zero attached hydrogens (tertiary/aromatic N) is 2. The lowest BCUT2D eigenvalue weighted by atomic mass is 9.99. The first kappa shape index (κ1) is 16.3. The topological polar surface area (TPSA) is 18.5 Å². The molecule has 3 nitrogen and oxygen atoms in total. The average molecular weight is 281 g/mol. The van der Waals surface area contributed by atoms with Gasteiger partial charge in [0.1, 0.15) is 0 Å². The van der Waals surface area contributed by atoms with Gasteiger partial charge in [-0.2, -0.15) is 0 Å². The number of unbranched alkanes of at least 4 members (excludes halogenated alkanes) is 1. The molecule has 20 heavy (non-hydrogen) atoms. The van der Waals surface area contributed by atoms with Crippen LogP contribution in [0.4, 0.5) is 0 Å². The van der Waals surface area contributed by atoms with E-state index in [2.05, 4.69) is 29.0 Å². The Morgan fingerprint density at radius 3 is 1.70 bits per heavy atom. The van der Waals surface area contributed by atoms with Crippen LogP contribution < -0.4 is 5.32 Å². The van der Waals surface area contributed by atoms with Crippen molar-refractivity contribution in [2.75, 3.05) is 39.3 Å². The van der Waals surface area contributed by atoms with Gasteiger partial charge in [-0.3, -0.25) is 0 Å². The molecule has 2 rings (SSSR count). The standard InChI is InChI=1S/C17H35N3/c1-3-5-11-20-14-8-17(9-15-20)18-16-6-12-19(10-4-2)13-7-16/h16-18H,3-15H2,1-2H3. The first-order valence-corrected chi connectivity index (χ1v) is 9.02. The van der Waals surface area contributed by atoms with Gasteiger partial charge in [0.25, 0.3) is 0 Å². The molecule has 0 aromatic heterocycles. The van der Waals surface area contributed by atoms with Crippen molar-refractivity contribution in [1.82, 2.24) is 15.1 Å². The maximum absolute atomic E-state index is 3.94. The van der Waals surface area contributed by atoms with E-state index in [4.69, 9.17) is 0 Å². The highest BCUT2D eigenvalue weighted by Crippen LogP contribution is 2.16. The highest BCUT2D eigenvalue weighted by atomic mass is 15.2. The van der Waals surface area contributed by atoms with Crippen molar-refractivity contribution in [3.05, 3.63) is 0 Å². The van der Waals surface area contributed by atoms with Gasteiger partial charge < -0.3 is 15.1 Å².